The summed E-state index contributed by atoms with van der Waals surface area (Å²) in [5.74, 6) is 0.522. The number of H-pyrrole nitrogens is 1. The maximum absolute atomic E-state index is 11.9. The van der Waals surface area contributed by atoms with Crippen LogP contribution in [0, 0.1) is 13.8 Å². The van der Waals surface area contributed by atoms with Gasteiger partial charge in [-0.15, -0.1) is 0 Å². The number of aromatic nitrogens is 4. The lowest BCUT2D eigenvalue weighted by molar-refractivity contribution is 0.810. The van der Waals surface area contributed by atoms with E-state index in [0.29, 0.717) is 27.2 Å². The quantitative estimate of drug-likeness (QED) is 0.751. The molecule has 3 aromatic rings. The summed E-state index contributed by atoms with van der Waals surface area (Å²) >= 11 is 12.1. The fourth-order valence-corrected chi connectivity index (χ4v) is 2.66. The summed E-state index contributed by atoms with van der Waals surface area (Å²) < 4.78 is 1.24. The van der Waals surface area contributed by atoms with Crippen molar-refractivity contribution in [1.82, 2.24) is 19.6 Å². The van der Waals surface area contributed by atoms with E-state index in [1.165, 1.54) is 4.52 Å². The highest BCUT2D eigenvalue weighted by Crippen LogP contribution is 2.34. The Hall–Kier alpha value is -1.85. The molecule has 2 aromatic heterocycles. The summed E-state index contributed by atoms with van der Waals surface area (Å²) in [6, 6.07) is 5.19. The highest BCUT2D eigenvalue weighted by atomic mass is 35.5. The molecular weight excluding hydrogens is 299 g/mol. The Balaban J connectivity index is 2.42. The van der Waals surface area contributed by atoms with Crippen LogP contribution in [0.3, 0.4) is 0 Å². The van der Waals surface area contributed by atoms with Gasteiger partial charge >= 0.3 is 5.69 Å². The normalized spacial score (nSPS) is 11.2. The minimum Gasteiger partial charge on any atom is -0.294 e. The molecule has 5 nitrogen and oxygen atoms in total. The fraction of sp³-hybridized carbons (Fsp3) is 0.154. The summed E-state index contributed by atoms with van der Waals surface area (Å²) in [6.45, 7) is 3.53. The lowest BCUT2D eigenvalue weighted by Gasteiger charge is -2.04. The van der Waals surface area contributed by atoms with E-state index < -0.39 is 0 Å². The van der Waals surface area contributed by atoms with Crippen molar-refractivity contribution in [1.29, 1.82) is 0 Å². The Morgan fingerprint density at radius 2 is 2.00 bits per heavy atom. The largest absolute Gasteiger partial charge is 0.349 e. The fourth-order valence-electron chi connectivity index (χ4n) is 2.16. The van der Waals surface area contributed by atoms with Gasteiger partial charge in [0, 0.05) is 10.6 Å². The van der Waals surface area contributed by atoms with Crippen molar-refractivity contribution < 1.29 is 0 Å². The summed E-state index contributed by atoms with van der Waals surface area (Å²) in [5.41, 5.74) is 2.32. The summed E-state index contributed by atoms with van der Waals surface area (Å²) in [6.07, 6.45) is 0. The van der Waals surface area contributed by atoms with Gasteiger partial charge in [-0.05, 0) is 26.0 Å². The van der Waals surface area contributed by atoms with Crippen molar-refractivity contribution in [2.45, 2.75) is 13.8 Å². The zero-order chi connectivity index (χ0) is 14.4. The predicted octanol–water partition coefficient (Wildman–Crippen LogP) is 3.01. The van der Waals surface area contributed by atoms with E-state index in [4.69, 9.17) is 23.2 Å². The highest BCUT2D eigenvalue weighted by Gasteiger charge is 2.17. The Morgan fingerprint density at radius 1 is 1.25 bits per heavy atom. The average Bonchev–Trinajstić information content (AvgIpc) is 2.67. The summed E-state index contributed by atoms with van der Waals surface area (Å²) in [7, 11) is 0. The first-order valence-electron chi connectivity index (χ1n) is 5.89. The standard InChI is InChI=1S/C13H10Cl2N4O/c1-6-11(9-4-3-8(14)5-10(9)15)12-16-7(2)17-13(20)19(12)18-6/h3-5H,1-2H3,(H,16,17,20). The molecule has 0 unspecified atom stereocenters. The lowest BCUT2D eigenvalue weighted by Crippen LogP contribution is -2.19. The van der Waals surface area contributed by atoms with Crippen LogP contribution in [-0.2, 0) is 0 Å². The van der Waals surface area contributed by atoms with Gasteiger partial charge < -0.3 is 0 Å². The molecule has 7 heteroatoms. The van der Waals surface area contributed by atoms with E-state index in [2.05, 4.69) is 15.1 Å². The SMILES string of the molecule is Cc1nc2c(-c3ccc(Cl)cc3Cl)c(C)nn2c(=O)[nH]1. The van der Waals surface area contributed by atoms with Gasteiger partial charge in [-0.3, -0.25) is 4.98 Å². The molecule has 20 heavy (non-hydrogen) atoms. The minimum absolute atomic E-state index is 0.327. The Morgan fingerprint density at radius 3 is 2.70 bits per heavy atom. The van der Waals surface area contributed by atoms with Crippen molar-refractivity contribution in [2.24, 2.45) is 0 Å². The smallest absolute Gasteiger partial charge is 0.294 e. The molecule has 0 amide bonds. The number of fused-ring (bicyclic) bond motifs is 1. The van der Waals surface area contributed by atoms with Gasteiger partial charge in [0.1, 0.15) is 5.82 Å². The number of halogens is 2. The first kappa shape index (κ1) is 13.1. The topological polar surface area (TPSA) is 63.1 Å². The van der Waals surface area contributed by atoms with E-state index in [1.54, 1.807) is 25.1 Å². The predicted molar refractivity (Wildman–Crippen MR) is 78.5 cm³/mol. The van der Waals surface area contributed by atoms with Gasteiger partial charge in [-0.1, -0.05) is 29.3 Å². The molecule has 0 bridgehead atoms. The second kappa shape index (κ2) is 4.61. The van der Waals surface area contributed by atoms with Crippen molar-refractivity contribution in [2.75, 3.05) is 0 Å². The van der Waals surface area contributed by atoms with Gasteiger partial charge in [0.2, 0.25) is 0 Å². The number of benzene rings is 1. The molecular formula is C13H10Cl2N4O. The zero-order valence-corrected chi connectivity index (χ0v) is 12.2. The van der Waals surface area contributed by atoms with Crippen LogP contribution in [-0.4, -0.2) is 19.6 Å². The molecule has 0 aliphatic rings. The molecule has 1 N–H and O–H groups in total. The van der Waals surface area contributed by atoms with Crippen LogP contribution in [0.25, 0.3) is 16.8 Å². The number of rotatable bonds is 1. The van der Waals surface area contributed by atoms with Crippen LogP contribution in [0.5, 0.6) is 0 Å². The molecule has 1 aromatic carbocycles. The molecule has 0 fully saturated rings. The second-order valence-electron chi connectivity index (χ2n) is 4.45. The number of nitrogens with one attached hydrogen (secondary N) is 1. The first-order chi connectivity index (χ1) is 9.47. The molecule has 0 aliphatic carbocycles. The summed E-state index contributed by atoms with van der Waals surface area (Å²) in [5, 5.41) is 5.26. The Labute approximate surface area is 124 Å². The number of hydrogen-bond donors (Lipinski definition) is 1. The minimum atomic E-state index is -0.327. The monoisotopic (exact) mass is 308 g/mol. The molecule has 102 valence electrons. The maximum atomic E-state index is 11.9. The van der Waals surface area contributed by atoms with Crippen LogP contribution in [0.2, 0.25) is 10.0 Å². The molecule has 0 saturated carbocycles. The van der Waals surface area contributed by atoms with Crippen LogP contribution in [0.4, 0.5) is 0 Å². The molecule has 2 heterocycles. The van der Waals surface area contributed by atoms with Crippen LogP contribution in [0.1, 0.15) is 11.5 Å². The number of aryl methyl sites for hydroxylation is 2. The average molecular weight is 309 g/mol. The van der Waals surface area contributed by atoms with Gasteiger partial charge in [0.25, 0.3) is 0 Å². The van der Waals surface area contributed by atoms with Crippen LogP contribution in [0.15, 0.2) is 23.0 Å². The third-order valence-corrected chi connectivity index (χ3v) is 3.54. The van der Waals surface area contributed by atoms with E-state index >= 15 is 0 Å². The van der Waals surface area contributed by atoms with Crippen molar-refractivity contribution in [3.63, 3.8) is 0 Å². The van der Waals surface area contributed by atoms with Crippen molar-refractivity contribution >= 4 is 28.8 Å². The van der Waals surface area contributed by atoms with Gasteiger partial charge in [0.05, 0.1) is 16.3 Å². The number of aromatic amines is 1. The summed E-state index contributed by atoms with van der Waals surface area (Å²) in [4.78, 5) is 18.8. The van der Waals surface area contributed by atoms with E-state index in [9.17, 15) is 4.79 Å². The molecule has 0 saturated heterocycles. The lowest BCUT2D eigenvalue weighted by atomic mass is 10.1. The van der Waals surface area contributed by atoms with E-state index in [0.717, 1.165) is 11.1 Å². The highest BCUT2D eigenvalue weighted by molar-refractivity contribution is 6.36. The van der Waals surface area contributed by atoms with Gasteiger partial charge in [-0.2, -0.15) is 9.61 Å². The molecule has 0 aliphatic heterocycles. The number of nitrogens with zero attached hydrogens (tertiary/aromatic N) is 3. The molecule has 0 spiro atoms. The maximum Gasteiger partial charge on any atom is 0.349 e. The van der Waals surface area contributed by atoms with Gasteiger partial charge in [-0.25, -0.2) is 9.78 Å². The molecule has 0 radical (unpaired) electrons. The first-order valence-corrected chi connectivity index (χ1v) is 6.64. The molecule has 0 atom stereocenters. The van der Waals surface area contributed by atoms with E-state index in [1.807, 2.05) is 6.92 Å². The number of hydrogen-bond acceptors (Lipinski definition) is 3. The molecule has 3 rings (SSSR count). The second-order valence-corrected chi connectivity index (χ2v) is 5.29. The van der Waals surface area contributed by atoms with Crippen LogP contribution >= 0.6 is 23.2 Å². The Bertz CT molecular complexity index is 882. The van der Waals surface area contributed by atoms with Crippen molar-refractivity contribution in [3.05, 3.63) is 50.2 Å². The third kappa shape index (κ3) is 1.99. The Kier molecular flexibility index (Phi) is 3.03. The van der Waals surface area contributed by atoms with Crippen LogP contribution < -0.4 is 5.69 Å². The van der Waals surface area contributed by atoms with Crippen molar-refractivity contribution in [3.8, 4) is 11.1 Å². The van der Waals surface area contributed by atoms with Gasteiger partial charge in [0.15, 0.2) is 5.65 Å². The zero-order valence-electron chi connectivity index (χ0n) is 10.7. The third-order valence-electron chi connectivity index (χ3n) is 2.99. The van der Waals surface area contributed by atoms with E-state index in [-0.39, 0.29) is 5.69 Å².